The smallest absolute Gasteiger partial charge is 0.477 e. The molecule has 2 atom stereocenters. The maximum Gasteiger partial charge on any atom is 0.490 e. The maximum absolute atomic E-state index is 13.0. The average Bonchev–Trinajstić information content (AvgIpc) is 3.22. The highest BCUT2D eigenvalue weighted by Crippen LogP contribution is 2.40. The first-order valence-corrected chi connectivity index (χ1v) is 11.9. The molecule has 5 rings (SSSR count). The molecule has 13 heteroatoms. The number of aliphatic carboxylic acids is 2. The first-order valence-electron chi connectivity index (χ1n) is 10.9. The fraction of sp³-hybridized carbons (Fsp3) is 0.250. The van der Waals surface area contributed by atoms with Gasteiger partial charge in [-0.15, -0.1) is 11.8 Å². The van der Waals surface area contributed by atoms with Crippen LogP contribution < -0.4 is 10.6 Å². The fourth-order valence-electron chi connectivity index (χ4n) is 4.20. The van der Waals surface area contributed by atoms with Crippen LogP contribution in [0.1, 0.15) is 6.42 Å². The van der Waals surface area contributed by atoms with E-state index in [1.165, 1.54) is 16.7 Å². The lowest BCUT2D eigenvalue weighted by atomic mass is 10.0. The minimum atomic E-state index is -5.08. The van der Waals surface area contributed by atoms with Crippen LogP contribution in [0.2, 0.25) is 0 Å². The lowest BCUT2D eigenvalue weighted by Crippen LogP contribution is -2.68. The zero-order chi connectivity index (χ0) is 27.1. The third kappa shape index (κ3) is 5.04. The minimum Gasteiger partial charge on any atom is -0.477 e. The summed E-state index contributed by atoms with van der Waals surface area (Å²) in [6, 6.07) is 13.2. The molecule has 0 aliphatic carbocycles. The quantitative estimate of drug-likeness (QED) is 0.403. The van der Waals surface area contributed by atoms with E-state index in [0.717, 1.165) is 16.5 Å². The third-order valence-electron chi connectivity index (χ3n) is 6.00. The molecule has 3 aliphatic heterocycles. The van der Waals surface area contributed by atoms with Crippen LogP contribution in [-0.2, 0) is 19.2 Å². The topological polar surface area (TPSA) is 141 Å². The molecule has 3 heterocycles. The van der Waals surface area contributed by atoms with Gasteiger partial charge in [-0.05, 0) is 41.0 Å². The molecule has 4 N–H and O–H groups in total. The van der Waals surface area contributed by atoms with Gasteiger partial charge >= 0.3 is 18.1 Å². The SMILES string of the molecule is N[C@@H]1C(=O)N2C(C(=O)O)=C(C=C3CCN(c4ccc5ccccc5c4)C3=O)CS[C@H]12.O=C(O)C(F)(F)F. The number of β-lactam (4-membered cyclic amide) rings is 1. The molecule has 2 aromatic rings. The van der Waals surface area contributed by atoms with Crippen LogP contribution in [0.25, 0.3) is 10.8 Å². The predicted molar refractivity (Wildman–Crippen MR) is 128 cm³/mol. The highest BCUT2D eigenvalue weighted by molar-refractivity contribution is 8.00. The number of amides is 2. The van der Waals surface area contributed by atoms with Crippen molar-refractivity contribution in [2.45, 2.75) is 24.0 Å². The van der Waals surface area contributed by atoms with Gasteiger partial charge < -0.3 is 20.8 Å². The molecule has 0 unspecified atom stereocenters. The number of carboxylic acid groups (broad SMARTS) is 2. The molecule has 2 aromatic carbocycles. The second kappa shape index (κ2) is 9.90. The number of carbonyl (C=O) groups excluding carboxylic acids is 2. The number of nitrogens with zero attached hydrogens (tertiary/aromatic N) is 2. The molecule has 194 valence electrons. The van der Waals surface area contributed by atoms with Crippen molar-refractivity contribution in [3.05, 3.63) is 65.4 Å². The van der Waals surface area contributed by atoms with Crippen molar-refractivity contribution < 1.29 is 42.6 Å². The minimum absolute atomic E-state index is 0.0603. The molecule has 0 spiro atoms. The monoisotopic (exact) mass is 535 g/mol. The Bertz CT molecular complexity index is 1370. The number of hydrogen-bond donors (Lipinski definition) is 3. The highest BCUT2D eigenvalue weighted by Gasteiger charge is 2.51. The van der Waals surface area contributed by atoms with E-state index in [0.29, 0.717) is 29.9 Å². The van der Waals surface area contributed by atoms with Crippen LogP contribution in [-0.4, -0.2) is 68.8 Å². The van der Waals surface area contributed by atoms with Gasteiger partial charge in [-0.2, -0.15) is 13.2 Å². The number of fused-ring (bicyclic) bond motifs is 2. The van der Waals surface area contributed by atoms with Crippen molar-refractivity contribution >= 4 is 52.0 Å². The standard InChI is InChI=1S/C22H19N3O4S.C2HF3O2/c23-17-20(27)25-18(22(28)29)15(11-30-21(17)25)9-14-7-8-24(19(14)26)16-6-5-12-3-1-2-4-13(12)10-16;3-2(4,5)1(6)7/h1-6,9-10,17,21H,7-8,11,23H2,(H,28,29);(H,6,7)/t17-,21-;/m1./s1. The van der Waals surface area contributed by atoms with Gasteiger partial charge in [0, 0.05) is 23.6 Å². The lowest BCUT2D eigenvalue weighted by molar-refractivity contribution is -0.192. The largest absolute Gasteiger partial charge is 0.490 e. The van der Waals surface area contributed by atoms with Crippen molar-refractivity contribution in [1.82, 2.24) is 4.90 Å². The molecular formula is C24H20F3N3O6S. The van der Waals surface area contributed by atoms with E-state index >= 15 is 0 Å². The Morgan fingerprint density at radius 2 is 1.73 bits per heavy atom. The van der Waals surface area contributed by atoms with Gasteiger partial charge in [-0.3, -0.25) is 14.5 Å². The van der Waals surface area contributed by atoms with Crippen LogP contribution in [0.5, 0.6) is 0 Å². The fourth-order valence-corrected chi connectivity index (χ4v) is 5.45. The van der Waals surface area contributed by atoms with Gasteiger partial charge in [0.2, 0.25) is 5.91 Å². The van der Waals surface area contributed by atoms with E-state index in [9.17, 15) is 32.7 Å². The summed E-state index contributed by atoms with van der Waals surface area (Å²) in [5.74, 6) is -4.06. The normalized spacial score (nSPS) is 22.5. The number of alkyl halides is 3. The number of anilines is 1. The van der Waals surface area contributed by atoms with Gasteiger partial charge in [0.15, 0.2) is 0 Å². The number of thioether (sulfide) groups is 1. The third-order valence-corrected chi connectivity index (χ3v) is 7.33. The van der Waals surface area contributed by atoms with E-state index < -0.39 is 30.1 Å². The number of hydrogen-bond acceptors (Lipinski definition) is 6. The Balaban J connectivity index is 0.000000405. The summed E-state index contributed by atoms with van der Waals surface area (Å²) in [6.07, 6.45) is -2.92. The van der Waals surface area contributed by atoms with Gasteiger partial charge in [0.1, 0.15) is 17.1 Å². The summed E-state index contributed by atoms with van der Waals surface area (Å²) in [7, 11) is 0. The molecule has 37 heavy (non-hydrogen) atoms. The Labute approximate surface area is 212 Å². The molecular weight excluding hydrogens is 515 g/mol. The van der Waals surface area contributed by atoms with Crippen LogP contribution in [0.15, 0.2) is 65.4 Å². The number of carbonyl (C=O) groups is 4. The zero-order valence-corrected chi connectivity index (χ0v) is 19.8. The molecule has 2 fully saturated rings. The summed E-state index contributed by atoms with van der Waals surface area (Å²) in [5, 5.41) is 18.6. The first-order chi connectivity index (χ1) is 17.4. The Kier molecular flexibility index (Phi) is 7.02. The summed E-state index contributed by atoms with van der Waals surface area (Å²) < 4.78 is 31.7. The summed E-state index contributed by atoms with van der Waals surface area (Å²) in [6.45, 7) is 0.530. The van der Waals surface area contributed by atoms with Crippen molar-refractivity contribution in [2.75, 3.05) is 17.2 Å². The molecule has 0 saturated carbocycles. The number of nitrogens with two attached hydrogens (primary N) is 1. The predicted octanol–water partition coefficient (Wildman–Crippen LogP) is 2.72. The summed E-state index contributed by atoms with van der Waals surface area (Å²) in [4.78, 5) is 48.8. The molecule has 3 aliphatic rings. The molecule has 9 nitrogen and oxygen atoms in total. The number of allylic oxidation sites excluding steroid dienone is 1. The van der Waals surface area contributed by atoms with Crippen molar-refractivity contribution in [3.8, 4) is 0 Å². The van der Waals surface area contributed by atoms with Crippen molar-refractivity contribution in [1.29, 1.82) is 0 Å². The molecule has 0 aromatic heterocycles. The molecule has 0 bridgehead atoms. The Morgan fingerprint density at radius 1 is 1.08 bits per heavy atom. The first kappa shape index (κ1) is 26.2. The molecule has 2 saturated heterocycles. The van der Waals surface area contributed by atoms with Gasteiger partial charge in [0.05, 0.1) is 0 Å². The lowest BCUT2D eigenvalue weighted by Gasteiger charge is -2.47. The van der Waals surface area contributed by atoms with Gasteiger partial charge in [0.25, 0.3) is 5.91 Å². The van der Waals surface area contributed by atoms with Crippen LogP contribution >= 0.6 is 11.8 Å². The van der Waals surface area contributed by atoms with Crippen LogP contribution in [0.4, 0.5) is 18.9 Å². The second-order valence-corrected chi connectivity index (χ2v) is 9.43. The summed E-state index contributed by atoms with van der Waals surface area (Å²) in [5.41, 5.74) is 7.57. The number of benzene rings is 2. The highest BCUT2D eigenvalue weighted by atomic mass is 32.2. The van der Waals surface area contributed by atoms with E-state index in [1.54, 1.807) is 11.0 Å². The molecule has 0 radical (unpaired) electrons. The van der Waals surface area contributed by atoms with Crippen LogP contribution in [0.3, 0.4) is 0 Å². The van der Waals surface area contributed by atoms with Crippen molar-refractivity contribution in [3.63, 3.8) is 0 Å². The number of halogens is 3. The maximum atomic E-state index is 13.0. The van der Waals surface area contributed by atoms with Crippen LogP contribution in [0, 0.1) is 0 Å². The van der Waals surface area contributed by atoms with Crippen molar-refractivity contribution in [2.24, 2.45) is 5.73 Å². The second-order valence-electron chi connectivity index (χ2n) is 8.33. The average molecular weight is 536 g/mol. The van der Waals surface area contributed by atoms with E-state index in [4.69, 9.17) is 15.6 Å². The number of rotatable bonds is 3. The Morgan fingerprint density at radius 3 is 2.35 bits per heavy atom. The van der Waals surface area contributed by atoms with E-state index in [-0.39, 0.29) is 17.0 Å². The van der Waals surface area contributed by atoms with E-state index in [1.807, 2.05) is 42.5 Å². The van der Waals surface area contributed by atoms with E-state index in [2.05, 4.69) is 0 Å². The number of carboxylic acids is 2. The van der Waals surface area contributed by atoms with Gasteiger partial charge in [-0.25, -0.2) is 9.59 Å². The Hall–Kier alpha value is -3.84. The zero-order valence-electron chi connectivity index (χ0n) is 18.9. The summed E-state index contributed by atoms with van der Waals surface area (Å²) >= 11 is 1.43. The van der Waals surface area contributed by atoms with Gasteiger partial charge in [-0.1, -0.05) is 30.3 Å². The molecule has 2 amide bonds.